The average Bonchev–Trinajstić information content (AvgIpc) is 2.15. The number of hydrogen-bond acceptors (Lipinski definition) is 2. The maximum absolute atomic E-state index is 11.6. The zero-order chi connectivity index (χ0) is 9.68. The lowest BCUT2D eigenvalue weighted by atomic mass is 10.1. The van der Waals surface area contributed by atoms with E-state index < -0.39 is 0 Å². The average molecular weight is 259 g/mol. The van der Waals surface area contributed by atoms with Crippen molar-refractivity contribution in [3.05, 3.63) is 34.3 Å². The zero-order valence-corrected chi connectivity index (χ0v) is 9.82. The molecule has 0 unspecified atom stereocenters. The molecule has 0 saturated carbocycles. The van der Waals surface area contributed by atoms with Gasteiger partial charge in [-0.1, -0.05) is 41.1 Å². The summed E-state index contributed by atoms with van der Waals surface area (Å²) in [4.78, 5) is 11.6. The molecule has 0 heterocycles. The smallest absolute Gasteiger partial charge is 0.173 e. The highest BCUT2D eigenvalue weighted by Gasteiger charge is 2.07. The molecule has 0 saturated heterocycles. The Kier molecular flexibility index (Phi) is 4.53. The number of carbonyl (C=O) groups excluding carboxylic acids is 1. The molecule has 70 valence electrons. The highest BCUT2D eigenvalue weighted by atomic mass is 79.9. The highest BCUT2D eigenvalue weighted by Crippen LogP contribution is 2.17. The molecule has 0 radical (unpaired) electrons. The summed E-state index contributed by atoms with van der Waals surface area (Å²) in [7, 11) is 0. The van der Waals surface area contributed by atoms with Crippen molar-refractivity contribution in [2.24, 2.45) is 0 Å². The molecule has 3 heteroatoms. The van der Waals surface area contributed by atoms with Gasteiger partial charge in [-0.3, -0.25) is 4.79 Å². The molecule has 0 aliphatic rings. The van der Waals surface area contributed by atoms with Crippen molar-refractivity contribution in [3.63, 3.8) is 0 Å². The zero-order valence-electron chi connectivity index (χ0n) is 7.42. The van der Waals surface area contributed by atoms with Gasteiger partial charge in [-0.15, -0.1) is 0 Å². The van der Waals surface area contributed by atoms with Gasteiger partial charge in [-0.05, 0) is 11.8 Å². The number of carbonyl (C=O) groups is 1. The number of halogens is 1. The van der Waals surface area contributed by atoms with E-state index in [9.17, 15) is 4.79 Å². The monoisotopic (exact) mass is 258 g/mol. The lowest BCUT2D eigenvalue weighted by molar-refractivity contribution is 0.102. The predicted octanol–water partition coefficient (Wildman–Crippen LogP) is 3.38. The Labute approximate surface area is 91.0 Å². The first-order chi connectivity index (χ1) is 6.25. The molecule has 1 aromatic carbocycles. The molecule has 1 aromatic rings. The van der Waals surface area contributed by atoms with Gasteiger partial charge in [0.2, 0.25) is 0 Å². The van der Waals surface area contributed by atoms with Crippen LogP contribution >= 0.6 is 27.7 Å². The fraction of sp³-hybridized carbons (Fsp3) is 0.300. The summed E-state index contributed by atoms with van der Waals surface area (Å²) in [6.07, 6.45) is 0. The van der Waals surface area contributed by atoms with Crippen molar-refractivity contribution in [1.29, 1.82) is 0 Å². The summed E-state index contributed by atoms with van der Waals surface area (Å²) in [5.41, 5.74) is 0.781. The van der Waals surface area contributed by atoms with Crippen LogP contribution in [0.4, 0.5) is 0 Å². The molecule has 0 bridgehead atoms. The Morgan fingerprint density at radius 3 is 2.77 bits per heavy atom. The van der Waals surface area contributed by atoms with Crippen LogP contribution in [0.2, 0.25) is 0 Å². The first-order valence-electron chi connectivity index (χ1n) is 4.11. The van der Waals surface area contributed by atoms with Crippen LogP contribution in [0.15, 0.2) is 28.7 Å². The van der Waals surface area contributed by atoms with Crippen molar-refractivity contribution in [2.75, 3.05) is 11.5 Å². The number of benzene rings is 1. The summed E-state index contributed by atoms with van der Waals surface area (Å²) in [5, 5.41) is 0. The first-order valence-corrected chi connectivity index (χ1v) is 6.06. The lowest BCUT2D eigenvalue weighted by Crippen LogP contribution is -2.03. The number of thioether (sulfide) groups is 1. The van der Waals surface area contributed by atoms with Gasteiger partial charge in [0.15, 0.2) is 5.78 Å². The van der Waals surface area contributed by atoms with Crippen molar-refractivity contribution >= 4 is 33.5 Å². The van der Waals surface area contributed by atoms with E-state index in [1.54, 1.807) is 11.8 Å². The van der Waals surface area contributed by atoms with Crippen LogP contribution in [0.1, 0.15) is 17.3 Å². The van der Waals surface area contributed by atoms with Gasteiger partial charge in [0.1, 0.15) is 0 Å². The Hall–Kier alpha value is -0.280. The summed E-state index contributed by atoms with van der Waals surface area (Å²) in [6.45, 7) is 2.05. The molecule has 0 aliphatic carbocycles. The molecule has 13 heavy (non-hydrogen) atoms. The number of rotatable bonds is 4. The summed E-state index contributed by atoms with van der Waals surface area (Å²) < 4.78 is 0.886. The van der Waals surface area contributed by atoms with E-state index in [4.69, 9.17) is 0 Å². The fourth-order valence-electron chi connectivity index (χ4n) is 0.960. The second-order valence-electron chi connectivity index (χ2n) is 2.54. The maximum Gasteiger partial charge on any atom is 0.173 e. The summed E-state index contributed by atoms with van der Waals surface area (Å²) >= 11 is 5.01. The van der Waals surface area contributed by atoms with Gasteiger partial charge in [0.25, 0.3) is 0 Å². The normalized spacial score (nSPS) is 10.0. The first kappa shape index (κ1) is 10.8. The predicted molar refractivity (Wildman–Crippen MR) is 61.5 cm³/mol. The third-order valence-corrected chi connectivity index (χ3v) is 3.18. The minimum absolute atomic E-state index is 0.194. The summed E-state index contributed by atoms with van der Waals surface area (Å²) in [6, 6.07) is 7.54. The Morgan fingerprint density at radius 1 is 1.46 bits per heavy atom. The van der Waals surface area contributed by atoms with E-state index in [1.807, 2.05) is 24.3 Å². The molecule has 0 N–H and O–H groups in total. The molecule has 0 atom stereocenters. The third-order valence-electron chi connectivity index (χ3n) is 1.61. The van der Waals surface area contributed by atoms with E-state index >= 15 is 0 Å². The van der Waals surface area contributed by atoms with E-state index in [2.05, 4.69) is 22.9 Å². The van der Waals surface area contributed by atoms with E-state index in [0.29, 0.717) is 5.75 Å². The fourth-order valence-corrected chi connectivity index (χ4v) is 2.01. The Balaban J connectivity index is 2.71. The van der Waals surface area contributed by atoms with Crippen LogP contribution in [-0.2, 0) is 0 Å². The minimum atomic E-state index is 0.194. The topological polar surface area (TPSA) is 17.1 Å². The van der Waals surface area contributed by atoms with Gasteiger partial charge in [-0.2, -0.15) is 11.8 Å². The number of Topliss-reactive ketones (excluding diaryl/α,β-unsaturated/α-hetero) is 1. The molecule has 0 amide bonds. The molecule has 0 aliphatic heterocycles. The standard InChI is InChI=1S/C10H11BrOS/c1-2-13-7-10(12)8-5-3-4-6-9(8)11/h3-6H,2,7H2,1H3. The van der Waals surface area contributed by atoms with Gasteiger partial charge >= 0.3 is 0 Å². The van der Waals surface area contributed by atoms with Gasteiger partial charge in [0.05, 0.1) is 5.75 Å². The lowest BCUT2D eigenvalue weighted by Gasteiger charge is -2.01. The van der Waals surface area contributed by atoms with Crippen molar-refractivity contribution in [2.45, 2.75) is 6.92 Å². The molecular weight excluding hydrogens is 248 g/mol. The minimum Gasteiger partial charge on any atom is -0.293 e. The molecular formula is C10H11BrOS. The van der Waals surface area contributed by atoms with Crippen LogP contribution in [0.3, 0.4) is 0 Å². The van der Waals surface area contributed by atoms with Crippen LogP contribution < -0.4 is 0 Å². The Bertz CT molecular complexity index is 299. The largest absolute Gasteiger partial charge is 0.293 e. The van der Waals surface area contributed by atoms with Crippen LogP contribution in [0.5, 0.6) is 0 Å². The maximum atomic E-state index is 11.6. The van der Waals surface area contributed by atoms with E-state index in [0.717, 1.165) is 15.8 Å². The highest BCUT2D eigenvalue weighted by molar-refractivity contribution is 9.10. The van der Waals surface area contributed by atoms with Crippen molar-refractivity contribution < 1.29 is 4.79 Å². The Morgan fingerprint density at radius 2 is 2.15 bits per heavy atom. The van der Waals surface area contributed by atoms with Gasteiger partial charge < -0.3 is 0 Å². The van der Waals surface area contributed by atoms with Crippen LogP contribution in [0, 0.1) is 0 Å². The third kappa shape index (κ3) is 3.16. The van der Waals surface area contributed by atoms with Crippen molar-refractivity contribution in [1.82, 2.24) is 0 Å². The van der Waals surface area contributed by atoms with Crippen molar-refractivity contribution in [3.8, 4) is 0 Å². The van der Waals surface area contributed by atoms with Gasteiger partial charge in [0, 0.05) is 10.0 Å². The second-order valence-corrected chi connectivity index (χ2v) is 4.67. The second kappa shape index (κ2) is 5.45. The molecule has 0 aromatic heterocycles. The number of hydrogen-bond donors (Lipinski definition) is 0. The number of ketones is 1. The summed E-state index contributed by atoms with van der Waals surface area (Å²) in [5.74, 6) is 1.74. The molecule has 1 nitrogen and oxygen atoms in total. The van der Waals surface area contributed by atoms with E-state index in [-0.39, 0.29) is 5.78 Å². The molecule has 0 spiro atoms. The quantitative estimate of drug-likeness (QED) is 0.771. The SMILES string of the molecule is CCSCC(=O)c1ccccc1Br. The van der Waals surface area contributed by atoms with E-state index in [1.165, 1.54) is 0 Å². The van der Waals surface area contributed by atoms with Crippen LogP contribution in [-0.4, -0.2) is 17.3 Å². The molecule has 1 rings (SSSR count). The molecule has 0 fully saturated rings. The van der Waals surface area contributed by atoms with Crippen LogP contribution in [0.25, 0.3) is 0 Å². The van der Waals surface area contributed by atoms with Gasteiger partial charge in [-0.25, -0.2) is 0 Å².